The van der Waals surface area contributed by atoms with Gasteiger partial charge in [0.15, 0.2) is 0 Å². The van der Waals surface area contributed by atoms with E-state index in [1.54, 1.807) is 0 Å². The summed E-state index contributed by atoms with van der Waals surface area (Å²) < 4.78 is 12.1. The maximum absolute atomic E-state index is 6.04. The summed E-state index contributed by atoms with van der Waals surface area (Å²) in [5.41, 5.74) is 3.84. The van der Waals surface area contributed by atoms with Gasteiger partial charge in [0.05, 0.1) is 24.6 Å². The Labute approximate surface area is 214 Å². The second kappa shape index (κ2) is 14.3. The summed E-state index contributed by atoms with van der Waals surface area (Å²) in [6.45, 7) is 1.38. The third-order valence-corrected chi connectivity index (χ3v) is 5.61. The minimum atomic E-state index is 0.690. The Hall–Kier alpha value is -4.18. The molecule has 4 rings (SSSR count). The van der Waals surface area contributed by atoms with Gasteiger partial charge in [0.25, 0.3) is 0 Å². The van der Waals surface area contributed by atoms with Crippen LogP contribution in [0.3, 0.4) is 0 Å². The number of aliphatic imine (C=N–C) groups is 2. The third-order valence-electron chi connectivity index (χ3n) is 5.61. The molecule has 0 aliphatic heterocycles. The Kier molecular flexibility index (Phi) is 9.88. The molecule has 182 valence electrons. The monoisotopic (exact) mass is 476 g/mol. The van der Waals surface area contributed by atoms with Crippen molar-refractivity contribution in [3.8, 4) is 11.5 Å². The molecule has 0 aromatic heterocycles. The van der Waals surface area contributed by atoms with Crippen molar-refractivity contribution in [3.05, 3.63) is 120 Å². The molecule has 0 heterocycles. The Morgan fingerprint density at radius 1 is 0.444 bits per heavy atom. The van der Waals surface area contributed by atoms with Gasteiger partial charge in [0, 0.05) is 23.6 Å². The highest BCUT2D eigenvalue weighted by Crippen LogP contribution is 2.20. The minimum Gasteiger partial charge on any atom is -0.493 e. The van der Waals surface area contributed by atoms with Gasteiger partial charge in [-0.05, 0) is 74.2 Å². The van der Waals surface area contributed by atoms with Crippen LogP contribution in [0.4, 0.5) is 11.4 Å². The number of benzene rings is 4. The van der Waals surface area contributed by atoms with Gasteiger partial charge in [-0.2, -0.15) is 0 Å². The summed E-state index contributed by atoms with van der Waals surface area (Å²) in [5, 5.41) is 0. The SMILES string of the molecule is C(=Nc1ccccc1)c1ccccc1OCCCCCCOc1ccccc1C=Nc1ccccc1. The van der Waals surface area contributed by atoms with Gasteiger partial charge in [-0.3, -0.25) is 9.98 Å². The van der Waals surface area contributed by atoms with Gasteiger partial charge < -0.3 is 9.47 Å². The topological polar surface area (TPSA) is 43.2 Å². The van der Waals surface area contributed by atoms with Crippen LogP contribution in [0.2, 0.25) is 0 Å². The molecule has 4 nitrogen and oxygen atoms in total. The molecule has 36 heavy (non-hydrogen) atoms. The lowest BCUT2D eigenvalue weighted by Gasteiger charge is -2.10. The number of rotatable bonds is 13. The van der Waals surface area contributed by atoms with E-state index in [0.717, 1.165) is 59.7 Å². The van der Waals surface area contributed by atoms with Crippen molar-refractivity contribution in [2.75, 3.05) is 13.2 Å². The van der Waals surface area contributed by atoms with Crippen LogP contribution in [-0.4, -0.2) is 25.6 Å². The lowest BCUT2D eigenvalue weighted by Crippen LogP contribution is -2.02. The normalized spacial score (nSPS) is 11.2. The van der Waals surface area contributed by atoms with Gasteiger partial charge in [-0.1, -0.05) is 60.7 Å². The summed E-state index contributed by atoms with van der Waals surface area (Å²) >= 11 is 0. The standard InChI is InChI=1S/C32H32N2O2/c1(13-23-35-31-21-11-9-15-27(31)25-33-29-17-5-3-6-18-29)2-14-24-36-32-22-12-10-16-28(32)26-34-30-19-7-4-8-20-30/h3-12,15-22,25-26H,1-2,13-14,23-24H2. The third kappa shape index (κ3) is 8.24. The summed E-state index contributed by atoms with van der Waals surface area (Å²) in [5.74, 6) is 1.74. The maximum atomic E-state index is 6.04. The van der Waals surface area contributed by atoms with E-state index < -0.39 is 0 Å². The van der Waals surface area contributed by atoms with Crippen molar-refractivity contribution < 1.29 is 9.47 Å². The van der Waals surface area contributed by atoms with E-state index >= 15 is 0 Å². The fourth-order valence-corrected chi connectivity index (χ4v) is 3.68. The molecule has 0 atom stereocenters. The number of hydrogen-bond donors (Lipinski definition) is 0. The first kappa shape index (κ1) is 24.9. The second-order valence-electron chi connectivity index (χ2n) is 8.37. The van der Waals surface area contributed by atoms with Gasteiger partial charge >= 0.3 is 0 Å². The van der Waals surface area contributed by atoms with E-state index in [1.807, 2.05) is 122 Å². The average Bonchev–Trinajstić information content (AvgIpc) is 2.94. The molecule has 0 N–H and O–H groups in total. The fourth-order valence-electron chi connectivity index (χ4n) is 3.68. The Morgan fingerprint density at radius 2 is 0.833 bits per heavy atom. The average molecular weight is 477 g/mol. The molecule has 0 fully saturated rings. The van der Waals surface area contributed by atoms with Crippen molar-refractivity contribution in [1.29, 1.82) is 0 Å². The van der Waals surface area contributed by atoms with Crippen LogP contribution < -0.4 is 9.47 Å². The van der Waals surface area contributed by atoms with Crippen LogP contribution in [0.1, 0.15) is 36.8 Å². The molecule has 0 spiro atoms. The molecule has 4 heteroatoms. The number of para-hydroxylation sites is 4. The fraction of sp³-hybridized carbons (Fsp3) is 0.188. The molecule has 0 bridgehead atoms. The highest BCUT2D eigenvalue weighted by Gasteiger charge is 2.02. The van der Waals surface area contributed by atoms with E-state index in [9.17, 15) is 0 Å². The molecule has 0 aliphatic carbocycles. The van der Waals surface area contributed by atoms with Crippen molar-refractivity contribution in [1.82, 2.24) is 0 Å². The lowest BCUT2D eigenvalue weighted by molar-refractivity contribution is 0.287. The zero-order valence-corrected chi connectivity index (χ0v) is 20.5. The zero-order chi connectivity index (χ0) is 24.7. The number of unbranched alkanes of at least 4 members (excludes halogenated alkanes) is 3. The first-order valence-corrected chi connectivity index (χ1v) is 12.5. The number of hydrogen-bond acceptors (Lipinski definition) is 4. The van der Waals surface area contributed by atoms with Gasteiger partial charge in [0.1, 0.15) is 11.5 Å². The van der Waals surface area contributed by atoms with Crippen LogP contribution in [0, 0.1) is 0 Å². The second-order valence-corrected chi connectivity index (χ2v) is 8.37. The molecular weight excluding hydrogens is 444 g/mol. The van der Waals surface area contributed by atoms with Crippen molar-refractivity contribution in [3.63, 3.8) is 0 Å². The van der Waals surface area contributed by atoms with E-state index in [0.29, 0.717) is 13.2 Å². The Balaban J connectivity index is 1.15. The van der Waals surface area contributed by atoms with E-state index in [-0.39, 0.29) is 0 Å². The van der Waals surface area contributed by atoms with Crippen LogP contribution in [0.5, 0.6) is 11.5 Å². The Bertz CT molecular complexity index is 1140. The smallest absolute Gasteiger partial charge is 0.128 e. The van der Waals surface area contributed by atoms with E-state index in [2.05, 4.69) is 9.98 Å². The largest absolute Gasteiger partial charge is 0.493 e. The zero-order valence-electron chi connectivity index (χ0n) is 20.5. The first-order valence-electron chi connectivity index (χ1n) is 12.5. The number of ether oxygens (including phenoxy) is 2. The van der Waals surface area contributed by atoms with Crippen LogP contribution in [-0.2, 0) is 0 Å². The predicted molar refractivity (Wildman–Crippen MR) is 150 cm³/mol. The highest BCUT2D eigenvalue weighted by atomic mass is 16.5. The summed E-state index contributed by atoms with van der Waals surface area (Å²) in [7, 11) is 0. The predicted octanol–water partition coefficient (Wildman–Crippen LogP) is 8.21. The highest BCUT2D eigenvalue weighted by molar-refractivity contribution is 5.86. The van der Waals surface area contributed by atoms with E-state index in [4.69, 9.17) is 9.47 Å². The minimum absolute atomic E-state index is 0.690. The molecule has 0 aliphatic rings. The van der Waals surface area contributed by atoms with Crippen molar-refractivity contribution in [2.24, 2.45) is 9.98 Å². The van der Waals surface area contributed by atoms with Gasteiger partial charge in [0.2, 0.25) is 0 Å². The van der Waals surface area contributed by atoms with Gasteiger partial charge in [-0.15, -0.1) is 0 Å². The van der Waals surface area contributed by atoms with E-state index in [1.165, 1.54) is 0 Å². The summed E-state index contributed by atoms with van der Waals surface area (Å²) in [6.07, 6.45) is 7.94. The van der Waals surface area contributed by atoms with Crippen LogP contribution in [0.25, 0.3) is 0 Å². The lowest BCUT2D eigenvalue weighted by atomic mass is 10.2. The first-order chi connectivity index (χ1) is 17.9. The quantitative estimate of drug-likeness (QED) is 0.144. The summed E-state index contributed by atoms with van der Waals surface area (Å²) in [6, 6.07) is 35.9. The Morgan fingerprint density at radius 3 is 1.28 bits per heavy atom. The van der Waals surface area contributed by atoms with Gasteiger partial charge in [-0.25, -0.2) is 0 Å². The molecule has 0 unspecified atom stereocenters. The molecule has 0 radical (unpaired) electrons. The van der Waals surface area contributed by atoms with Crippen molar-refractivity contribution >= 4 is 23.8 Å². The molecule has 4 aromatic carbocycles. The molecular formula is C32H32N2O2. The number of nitrogens with zero attached hydrogens (tertiary/aromatic N) is 2. The molecule has 4 aromatic rings. The molecule has 0 amide bonds. The van der Waals surface area contributed by atoms with Crippen molar-refractivity contribution in [2.45, 2.75) is 25.7 Å². The molecule has 0 saturated heterocycles. The summed E-state index contributed by atoms with van der Waals surface area (Å²) in [4.78, 5) is 9.09. The molecule has 0 saturated carbocycles. The maximum Gasteiger partial charge on any atom is 0.128 e. The van der Waals surface area contributed by atoms with Crippen LogP contribution >= 0.6 is 0 Å². The van der Waals surface area contributed by atoms with Crippen LogP contribution in [0.15, 0.2) is 119 Å².